The molecule has 5 heteroatoms. The van der Waals surface area contributed by atoms with Crippen molar-refractivity contribution in [1.29, 1.82) is 0 Å². The topological polar surface area (TPSA) is 69.7 Å². The van der Waals surface area contributed by atoms with Crippen LogP contribution in [0.3, 0.4) is 0 Å². The lowest BCUT2D eigenvalue weighted by Crippen LogP contribution is -2.27. The summed E-state index contributed by atoms with van der Waals surface area (Å²) in [6.45, 7) is 3.10. The van der Waals surface area contributed by atoms with E-state index in [0.717, 1.165) is 0 Å². The predicted octanol–water partition coefficient (Wildman–Crippen LogP) is 2.04. The summed E-state index contributed by atoms with van der Waals surface area (Å²) in [5, 5.41) is 0. The van der Waals surface area contributed by atoms with Crippen molar-refractivity contribution in [2.75, 3.05) is 13.7 Å². The Morgan fingerprint density at radius 2 is 1.85 bits per heavy atom. The van der Waals surface area contributed by atoms with Crippen molar-refractivity contribution in [1.82, 2.24) is 0 Å². The number of hydrogen-bond acceptors (Lipinski definition) is 5. The summed E-state index contributed by atoms with van der Waals surface area (Å²) in [4.78, 5) is 35.4. The van der Waals surface area contributed by atoms with Gasteiger partial charge in [-0.05, 0) is 26.0 Å². The number of rotatable bonds is 7. The molecular weight excluding hydrogens is 260 g/mol. The van der Waals surface area contributed by atoms with Crippen LogP contribution >= 0.6 is 0 Å². The zero-order valence-corrected chi connectivity index (χ0v) is 11.8. The zero-order chi connectivity index (χ0) is 15.1. The zero-order valence-electron chi connectivity index (χ0n) is 11.8. The smallest absolute Gasteiger partial charge is 0.316 e. The number of ether oxygens (including phenoxy) is 2. The highest BCUT2D eigenvalue weighted by atomic mass is 16.5. The van der Waals surface area contributed by atoms with Crippen LogP contribution in [0.25, 0.3) is 0 Å². The molecule has 1 aromatic rings. The highest BCUT2D eigenvalue weighted by molar-refractivity contribution is 6.06. The van der Waals surface area contributed by atoms with Gasteiger partial charge in [-0.2, -0.15) is 0 Å². The first-order chi connectivity index (χ1) is 9.51. The molecule has 0 N–H and O–H groups in total. The van der Waals surface area contributed by atoms with Gasteiger partial charge in [0.05, 0.1) is 19.3 Å². The highest BCUT2D eigenvalue weighted by Gasteiger charge is 2.28. The minimum absolute atomic E-state index is 0.172. The van der Waals surface area contributed by atoms with E-state index >= 15 is 0 Å². The Morgan fingerprint density at radius 1 is 1.20 bits per heavy atom. The largest absolute Gasteiger partial charge is 0.496 e. The number of benzene rings is 1. The number of carbonyl (C=O) groups excluding carboxylic acids is 3. The normalized spacial score (nSPS) is 11.6. The van der Waals surface area contributed by atoms with Gasteiger partial charge in [0.25, 0.3) is 0 Å². The summed E-state index contributed by atoms with van der Waals surface area (Å²) < 4.78 is 9.91. The molecule has 0 aliphatic carbocycles. The molecule has 1 aromatic carbocycles. The molecule has 5 nitrogen and oxygen atoms in total. The van der Waals surface area contributed by atoms with Crippen LogP contribution in [0.2, 0.25) is 0 Å². The summed E-state index contributed by atoms with van der Waals surface area (Å²) in [6, 6.07) is 6.69. The summed E-state index contributed by atoms with van der Waals surface area (Å²) in [7, 11) is 1.46. The summed E-state index contributed by atoms with van der Waals surface area (Å²) in [5.74, 6) is -2.01. The van der Waals surface area contributed by atoms with Crippen molar-refractivity contribution in [3.05, 3.63) is 29.8 Å². The molecule has 1 unspecified atom stereocenters. The Bertz CT molecular complexity index is 507. The number of para-hydroxylation sites is 1. The van der Waals surface area contributed by atoms with Gasteiger partial charge in [0, 0.05) is 6.42 Å². The monoisotopic (exact) mass is 278 g/mol. The Hall–Kier alpha value is -2.17. The lowest BCUT2D eigenvalue weighted by Gasteiger charge is -2.13. The Labute approximate surface area is 117 Å². The molecule has 1 rings (SSSR count). The van der Waals surface area contributed by atoms with Crippen molar-refractivity contribution < 1.29 is 23.9 Å². The molecule has 0 aliphatic rings. The molecule has 0 heterocycles. The van der Waals surface area contributed by atoms with Gasteiger partial charge in [-0.15, -0.1) is 0 Å². The summed E-state index contributed by atoms with van der Waals surface area (Å²) in [6.07, 6.45) is -0.214. The quantitative estimate of drug-likeness (QED) is 0.433. The maximum absolute atomic E-state index is 12.2. The van der Waals surface area contributed by atoms with Gasteiger partial charge in [0.15, 0.2) is 5.78 Å². The molecule has 0 radical (unpaired) electrons. The van der Waals surface area contributed by atoms with Gasteiger partial charge < -0.3 is 9.47 Å². The van der Waals surface area contributed by atoms with Crippen LogP contribution in [-0.2, 0) is 14.3 Å². The maximum Gasteiger partial charge on any atom is 0.316 e. The van der Waals surface area contributed by atoms with E-state index in [-0.39, 0.29) is 24.6 Å². The van der Waals surface area contributed by atoms with Crippen molar-refractivity contribution in [2.45, 2.75) is 20.3 Å². The third-order valence-corrected chi connectivity index (χ3v) is 2.86. The average Bonchev–Trinajstić information content (AvgIpc) is 2.44. The standard InChI is InChI=1S/C15H18O5/c1-4-20-15(18)12(10(2)16)9-13(17)11-7-5-6-8-14(11)19-3/h5-8,12H,4,9H2,1-3H3. The lowest BCUT2D eigenvalue weighted by atomic mass is 9.95. The van der Waals surface area contributed by atoms with E-state index in [4.69, 9.17) is 9.47 Å². The number of esters is 1. The Kier molecular flexibility index (Phi) is 5.90. The molecule has 0 aromatic heterocycles. The second-order valence-corrected chi connectivity index (χ2v) is 4.24. The van der Waals surface area contributed by atoms with Gasteiger partial charge in [-0.25, -0.2) is 0 Å². The van der Waals surface area contributed by atoms with Crippen LogP contribution in [0.1, 0.15) is 30.6 Å². The van der Waals surface area contributed by atoms with Crippen molar-refractivity contribution in [3.8, 4) is 5.75 Å². The molecule has 0 bridgehead atoms. The molecule has 0 fully saturated rings. The minimum atomic E-state index is -1.06. The van der Waals surface area contributed by atoms with Crippen LogP contribution in [0.4, 0.5) is 0 Å². The number of Topliss-reactive ketones (excluding diaryl/α,β-unsaturated/α-hetero) is 2. The Balaban J connectivity index is 2.91. The molecule has 20 heavy (non-hydrogen) atoms. The van der Waals surface area contributed by atoms with Crippen LogP contribution in [-0.4, -0.2) is 31.3 Å². The SMILES string of the molecule is CCOC(=O)C(CC(=O)c1ccccc1OC)C(C)=O. The van der Waals surface area contributed by atoms with Crippen molar-refractivity contribution in [2.24, 2.45) is 5.92 Å². The summed E-state index contributed by atoms with van der Waals surface area (Å²) in [5.41, 5.74) is 0.352. The predicted molar refractivity (Wildman–Crippen MR) is 72.7 cm³/mol. The van der Waals surface area contributed by atoms with E-state index < -0.39 is 11.9 Å². The van der Waals surface area contributed by atoms with E-state index in [1.54, 1.807) is 31.2 Å². The fraction of sp³-hybridized carbons (Fsp3) is 0.400. The third-order valence-electron chi connectivity index (χ3n) is 2.86. The van der Waals surface area contributed by atoms with Gasteiger partial charge in [0.2, 0.25) is 0 Å². The fourth-order valence-electron chi connectivity index (χ4n) is 1.81. The first-order valence-corrected chi connectivity index (χ1v) is 6.34. The van der Waals surface area contributed by atoms with Crippen LogP contribution in [0.5, 0.6) is 5.75 Å². The maximum atomic E-state index is 12.2. The molecule has 0 aliphatic heterocycles. The highest BCUT2D eigenvalue weighted by Crippen LogP contribution is 2.21. The van der Waals surface area contributed by atoms with E-state index in [2.05, 4.69) is 0 Å². The molecule has 0 saturated heterocycles. The molecule has 0 amide bonds. The second-order valence-electron chi connectivity index (χ2n) is 4.24. The number of carbonyl (C=O) groups is 3. The number of methoxy groups -OCH3 is 1. The number of hydrogen-bond donors (Lipinski definition) is 0. The molecule has 1 atom stereocenters. The Morgan fingerprint density at radius 3 is 2.40 bits per heavy atom. The molecular formula is C15H18O5. The molecule has 0 spiro atoms. The first kappa shape index (κ1) is 15.9. The third kappa shape index (κ3) is 3.91. The van der Waals surface area contributed by atoms with E-state index in [0.29, 0.717) is 11.3 Å². The molecule has 108 valence electrons. The van der Waals surface area contributed by atoms with E-state index in [9.17, 15) is 14.4 Å². The second kappa shape index (κ2) is 7.43. The summed E-state index contributed by atoms with van der Waals surface area (Å²) >= 11 is 0. The first-order valence-electron chi connectivity index (χ1n) is 6.34. The van der Waals surface area contributed by atoms with Gasteiger partial charge in [-0.3, -0.25) is 14.4 Å². The van der Waals surface area contributed by atoms with Crippen LogP contribution < -0.4 is 4.74 Å². The minimum Gasteiger partial charge on any atom is -0.496 e. The lowest BCUT2D eigenvalue weighted by molar-refractivity contribution is -0.151. The van der Waals surface area contributed by atoms with E-state index in [1.807, 2.05) is 0 Å². The van der Waals surface area contributed by atoms with E-state index in [1.165, 1.54) is 14.0 Å². The van der Waals surface area contributed by atoms with Gasteiger partial charge in [0.1, 0.15) is 17.5 Å². The number of ketones is 2. The van der Waals surface area contributed by atoms with Gasteiger partial charge >= 0.3 is 5.97 Å². The van der Waals surface area contributed by atoms with Crippen LogP contribution in [0, 0.1) is 5.92 Å². The van der Waals surface area contributed by atoms with Crippen LogP contribution in [0.15, 0.2) is 24.3 Å². The van der Waals surface area contributed by atoms with Gasteiger partial charge in [-0.1, -0.05) is 12.1 Å². The average molecular weight is 278 g/mol. The van der Waals surface area contributed by atoms with Crippen molar-refractivity contribution in [3.63, 3.8) is 0 Å². The van der Waals surface area contributed by atoms with Crippen molar-refractivity contribution >= 4 is 17.5 Å². The fourth-order valence-corrected chi connectivity index (χ4v) is 1.81. The molecule has 0 saturated carbocycles.